The van der Waals surface area contributed by atoms with E-state index in [2.05, 4.69) is 22.0 Å². The predicted octanol–water partition coefficient (Wildman–Crippen LogP) is 4.36. The van der Waals surface area contributed by atoms with E-state index in [1.54, 1.807) is 18.2 Å². The third kappa shape index (κ3) is 2.77. The van der Waals surface area contributed by atoms with Gasteiger partial charge in [-0.15, -0.1) is 0 Å². The van der Waals surface area contributed by atoms with Crippen LogP contribution in [0.5, 0.6) is 0 Å². The predicted molar refractivity (Wildman–Crippen MR) is 78.3 cm³/mol. The fourth-order valence-electron chi connectivity index (χ4n) is 1.92. The van der Waals surface area contributed by atoms with Crippen molar-refractivity contribution < 1.29 is 4.39 Å². The van der Waals surface area contributed by atoms with Gasteiger partial charge in [0.15, 0.2) is 0 Å². The molecule has 0 saturated carbocycles. The number of halogens is 2. The first-order valence-electron chi connectivity index (χ1n) is 5.74. The zero-order chi connectivity index (χ0) is 13.8. The van der Waals surface area contributed by atoms with Crippen LogP contribution in [0.4, 0.5) is 15.8 Å². The second kappa shape index (κ2) is 5.85. The average molecular weight is 319 g/mol. The van der Waals surface area contributed by atoms with Crippen LogP contribution in [0.1, 0.15) is 11.1 Å². The Hall–Kier alpha value is -1.86. The van der Waals surface area contributed by atoms with Crippen molar-refractivity contribution >= 4 is 27.3 Å². The van der Waals surface area contributed by atoms with Gasteiger partial charge >= 0.3 is 0 Å². The molecule has 2 rings (SSSR count). The summed E-state index contributed by atoms with van der Waals surface area (Å²) in [5.74, 6) is -0.238. The van der Waals surface area contributed by atoms with Gasteiger partial charge in [0.25, 0.3) is 0 Å². The minimum atomic E-state index is -0.238. The first-order chi connectivity index (χ1) is 9.17. The van der Waals surface area contributed by atoms with Crippen LogP contribution in [0, 0.1) is 17.1 Å². The Kier molecular flexibility index (Phi) is 4.18. The lowest BCUT2D eigenvalue weighted by atomic mass is 10.1. The van der Waals surface area contributed by atoms with Crippen LogP contribution >= 0.6 is 15.9 Å². The molecule has 0 aliphatic rings. The van der Waals surface area contributed by atoms with Crippen LogP contribution in [-0.2, 0) is 5.33 Å². The molecule has 2 aromatic rings. The molecule has 0 bridgehead atoms. The van der Waals surface area contributed by atoms with Gasteiger partial charge in [0.05, 0.1) is 11.6 Å². The maximum atomic E-state index is 13.8. The van der Waals surface area contributed by atoms with Crippen molar-refractivity contribution in [1.82, 2.24) is 0 Å². The number of benzene rings is 2. The van der Waals surface area contributed by atoms with E-state index in [9.17, 15) is 4.39 Å². The number of hydrogen-bond acceptors (Lipinski definition) is 2. The summed E-state index contributed by atoms with van der Waals surface area (Å²) in [5.41, 5.74) is 2.83. The Bertz CT molecular complexity index is 634. The van der Waals surface area contributed by atoms with Crippen LogP contribution in [-0.4, -0.2) is 7.05 Å². The van der Waals surface area contributed by atoms with Gasteiger partial charge in [0.1, 0.15) is 5.82 Å². The molecule has 0 fully saturated rings. The summed E-state index contributed by atoms with van der Waals surface area (Å²) in [7, 11) is 1.86. The third-order valence-electron chi connectivity index (χ3n) is 2.95. The lowest BCUT2D eigenvalue weighted by Crippen LogP contribution is -2.12. The molecule has 0 heterocycles. The quantitative estimate of drug-likeness (QED) is 0.786. The van der Waals surface area contributed by atoms with E-state index in [1.807, 2.05) is 30.1 Å². The second-order valence-corrected chi connectivity index (χ2v) is 4.65. The Balaban J connectivity index is 2.47. The monoisotopic (exact) mass is 318 g/mol. The van der Waals surface area contributed by atoms with Crippen LogP contribution in [0.15, 0.2) is 42.5 Å². The van der Waals surface area contributed by atoms with Crippen molar-refractivity contribution in [3.63, 3.8) is 0 Å². The highest BCUT2D eigenvalue weighted by Gasteiger charge is 2.12. The van der Waals surface area contributed by atoms with Crippen molar-refractivity contribution in [1.29, 1.82) is 5.26 Å². The van der Waals surface area contributed by atoms with E-state index in [0.717, 1.165) is 11.4 Å². The Morgan fingerprint density at radius 2 is 2.00 bits per heavy atom. The molecular weight excluding hydrogens is 307 g/mol. The van der Waals surface area contributed by atoms with Crippen molar-refractivity contribution in [2.75, 3.05) is 11.9 Å². The molecule has 0 aliphatic carbocycles. The summed E-state index contributed by atoms with van der Waals surface area (Å²) in [6.07, 6.45) is 0. The summed E-state index contributed by atoms with van der Waals surface area (Å²) < 4.78 is 13.8. The normalized spacial score (nSPS) is 10.0. The van der Waals surface area contributed by atoms with Crippen LogP contribution in [0.25, 0.3) is 0 Å². The molecule has 0 aromatic heterocycles. The molecule has 4 heteroatoms. The van der Waals surface area contributed by atoms with E-state index in [0.29, 0.717) is 16.5 Å². The highest BCUT2D eigenvalue weighted by molar-refractivity contribution is 9.08. The fraction of sp³-hybridized carbons (Fsp3) is 0.133. The lowest BCUT2D eigenvalue weighted by Gasteiger charge is -2.22. The number of rotatable bonds is 3. The first-order valence-corrected chi connectivity index (χ1v) is 6.86. The molecule has 0 spiro atoms. The highest BCUT2D eigenvalue weighted by atomic mass is 79.9. The number of alkyl halides is 1. The standard InChI is InChI=1S/C15H12BrFN2/c1-19(12-5-2-4-11(8-12)10-18)15-7-3-6-14(17)13(15)9-16/h2-8H,9H2,1H3. The largest absolute Gasteiger partial charge is 0.344 e. The van der Waals surface area contributed by atoms with Gasteiger partial charge in [-0.05, 0) is 30.3 Å². The smallest absolute Gasteiger partial charge is 0.129 e. The molecule has 96 valence electrons. The molecular formula is C15H12BrFN2. The molecule has 0 aliphatic heterocycles. The van der Waals surface area contributed by atoms with Crippen molar-refractivity contribution in [3.8, 4) is 6.07 Å². The number of nitriles is 1. The average Bonchev–Trinajstić information content (AvgIpc) is 2.46. The molecule has 0 N–H and O–H groups in total. The van der Waals surface area contributed by atoms with Crippen LogP contribution < -0.4 is 4.90 Å². The molecule has 0 unspecified atom stereocenters. The number of nitrogens with zero attached hydrogens (tertiary/aromatic N) is 2. The maximum absolute atomic E-state index is 13.8. The highest BCUT2D eigenvalue weighted by Crippen LogP contribution is 2.30. The minimum Gasteiger partial charge on any atom is -0.344 e. The molecule has 0 saturated heterocycles. The van der Waals surface area contributed by atoms with Gasteiger partial charge in [-0.25, -0.2) is 4.39 Å². The summed E-state index contributed by atoms with van der Waals surface area (Å²) in [5, 5.41) is 9.37. The van der Waals surface area contributed by atoms with Crippen molar-refractivity contribution in [2.45, 2.75) is 5.33 Å². The Morgan fingerprint density at radius 3 is 2.68 bits per heavy atom. The summed E-state index contributed by atoms with van der Waals surface area (Å²) >= 11 is 3.31. The Morgan fingerprint density at radius 1 is 1.26 bits per heavy atom. The van der Waals surface area contributed by atoms with Crippen molar-refractivity contribution in [3.05, 3.63) is 59.4 Å². The van der Waals surface area contributed by atoms with E-state index in [-0.39, 0.29) is 5.82 Å². The van der Waals surface area contributed by atoms with Gasteiger partial charge in [-0.2, -0.15) is 5.26 Å². The molecule has 0 atom stereocenters. The van der Waals surface area contributed by atoms with E-state index >= 15 is 0 Å². The van der Waals surface area contributed by atoms with Gasteiger partial charge in [0, 0.05) is 29.3 Å². The van der Waals surface area contributed by atoms with E-state index in [4.69, 9.17) is 5.26 Å². The number of hydrogen-bond donors (Lipinski definition) is 0. The fourth-order valence-corrected chi connectivity index (χ4v) is 2.47. The summed E-state index contributed by atoms with van der Waals surface area (Å²) in [4.78, 5) is 1.88. The molecule has 0 radical (unpaired) electrons. The topological polar surface area (TPSA) is 27.0 Å². The molecule has 2 aromatic carbocycles. The van der Waals surface area contributed by atoms with Crippen molar-refractivity contribution in [2.24, 2.45) is 0 Å². The molecule has 19 heavy (non-hydrogen) atoms. The van der Waals surface area contributed by atoms with Crippen LogP contribution in [0.3, 0.4) is 0 Å². The third-order valence-corrected chi connectivity index (χ3v) is 3.51. The van der Waals surface area contributed by atoms with E-state index < -0.39 is 0 Å². The summed E-state index contributed by atoms with van der Waals surface area (Å²) in [6, 6.07) is 14.3. The number of anilines is 2. The van der Waals surface area contributed by atoms with Gasteiger partial charge in [-0.1, -0.05) is 28.1 Å². The summed E-state index contributed by atoms with van der Waals surface area (Å²) in [6.45, 7) is 0. The van der Waals surface area contributed by atoms with E-state index in [1.165, 1.54) is 6.07 Å². The first kappa shape index (κ1) is 13.6. The lowest BCUT2D eigenvalue weighted by molar-refractivity contribution is 0.618. The van der Waals surface area contributed by atoms with Crippen LogP contribution in [0.2, 0.25) is 0 Å². The molecule has 2 nitrogen and oxygen atoms in total. The zero-order valence-electron chi connectivity index (χ0n) is 10.4. The SMILES string of the molecule is CN(c1cccc(C#N)c1)c1cccc(F)c1CBr. The second-order valence-electron chi connectivity index (χ2n) is 4.09. The maximum Gasteiger partial charge on any atom is 0.129 e. The Labute approximate surface area is 120 Å². The zero-order valence-corrected chi connectivity index (χ0v) is 12.0. The van der Waals surface area contributed by atoms with Gasteiger partial charge in [-0.3, -0.25) is 0 Å². The van der Waals surface area contributed by atoms with Gasteiger partial charge in [0.2, 0.25) is 0 Å². The molecule has 0 amide bonds. The minimum absolute atomic E-state index is 0.238. The van der Waals surface area contributed by atoms with Gasteiger partial charge < -0.3 is 4.90 Å².